The molecule has 2 aromatic rings. The first kappa shape index (κ1) is 20.0. The summed E-state index contributed by atoms with van der Waals surface area (Å²) in [7, 11) is 0. The lowest BCUT2D eigenvalue weighted by Gasteiger charge is -2.38. The van der Waals surface area contributed by atoms with Gasteiger partial charge in [-0.25, -0.2) is 0 Å². The fraction of sp³-hybridized carbons (Fsp3) is 0.700. The second-order valence-electron chi connectivity index (χ2n) is 8.20. The first-order valence-corrected chi connectivity index (χ1v) is 10.6. The molecule has 2 aromatic heterocycles. The van der Waals surface area contributed by atoms with Gasteiger partial charge in [-0.3, -0.25) is 4.79 Å². The minimum Gasteiger partial charge on any atom is -0.356 e. The Kier molecular flexibility index (Phi) is 5.96. The Morgan fingerprint density at radius 1 is 1.21 bits per heavy atom. The molecular weight excluding hydrogens is 372 g/mol. The van der Waals surface area contributed by atoms with E-state index in [4.69, 9.17) is 14.6 Å². The Labute approximate surface area is 170 Å². The average Bonchev–Trinajstić information content (AvgIpc) is 3.33. The van der Waals surface area contributed by atoms with Crippen molar-refractivity contribution >= 4 is 17.4 Å². The van der Waals surface area contributed by atoms with Crippen LogP contribution < -0.4 is 10.2 Å². The van der Waals surface area contributed by atoms with Crippen molar-refractivity contribution in [1.82, 2.24) is 25.1 Å². The summed E-state index contributed by atoms with van der Waals surface area (Å²) < 4.78 is 13.4. The monoisotopic (exact) mass is 402 g/mol. The number of piperidine rings is 1. The predicted octanol–water partition coefficient (Wildman–Crippen LogP) is 1.56. The molecule has 0 aliphatic carbocycles. The molecule has 0 bridgehead atoms. The highest BCUT2D eigenvalue weighted by Gasteiger charge is 2.40. The third-order valence-electron chi connectivity index (χ3n) is 5.60. The highest BCUT2D eigenvalue weighted by Crippen LogP contribution is 2.32. The van der Waals surface area contributed by atoms with Crippen LogP contribution in [-0.4, -0.2) is 64.4 Å². The Balaban J connectivity index is 1.37. The Bertz CT molecular complexity index is 836. The van der Waals surface area contributed by atoms with Gasteiger partial charge in [0.2, 0.25) is 5.91 Å². The minimum absolute atomic E-state index is 0.0384. The number of carbonyl (C=O) groups is 1. The molecule has 2 aliphatic rings. The maximum atomic E-state index is 12.1. The minimum atomic E-state index is -0.398. The van der Waals surface area contributed by atoms with Gasteiger partial charge in [0.15, 0.2) is 17.3 Å². The average molecular weight is 402 g/mol. The van der Waals surface area contributed by atoms with Crippen molar-refractivity contribution in [3.63, 3.8) is 0 Å². The number of fused-ring (bicyclic) bond motifs is 1. The lowest BCUT2D eigenvalue weighted by molar-refractivity contribution is -0.169. The number of rotatable bonds is 7. The van der Waals surface area contributed by atoms with Crippen LogP contribution in [0.3, 0.4) is 0 Å². The number of ether oxygens (including phenoxy) is 2. The summed E-state index contributed by atoms with van der Waals surface area (Å²) in [5.41, 5.74) is 0.694. The lowest BCUT2D eigenvalue weighted by atomic mass is 10.0. The van der Waals surface area contributed by atoms with Gasteiger partial charge in [0.1, 0.15) is 5.82 Å². The summed E-state index contributed by atoms with van der Waals surface area (Å²) in [6.45, 7) is 8.02. The number of hydrogen-bond acceptors (Lipinski definition) is 7. The fourth-order valence-electron chi connectivity index (χ4n) is 3.82. The fourth-order valence-corrected chi connectivity index (χ4v) is 3.82. The second kappa shape index (κ2) is 8.62. The van der Waals surface area contributed by atoms with Gasteiger partial charge in [-0.05, 0) is 24.5 Å². The van der Waals surface area contributed by atoms with Gasteiger partial charge in [-0.1, -0.05) is 13.8 Å². The number of nitrogens with one attached hydrogen (secondary N) is 1. The maximum absolute atomic E-state index is 12.1. The van der Waals surface area contributed by atoms with Gasteiger partial charge in [0, 0.05) is 45.3 Å². The highest BCUT2D eigenvalue weighted by molar-refractivity contribution is 5.76. The molecule has 0 radical (unpaired) electrons. The van der Waals surface area contributed by atoms with Crippen LogP contribution in [0.4, 0.5) is 5.82 Å². The first-order valence-electron chi connectivity index (χ1n) is 10.6. The molecule has 0 aromatic carbocycles. The van der Waals surface area contributed by atoms with Crippen molar-refractivity contribution in [3.8, 4) is 0 Å². The van der Waals surface area contributed by atoms with E-state index in [1.807, 2.05) is 12.1 Å². The van der Waals surface area contributed by atoms with Crippen LogP contribution in [0, 0.1) is 5.92 Å². The zero-order valence-electron chi connectivity index (χ0n) is 17.3. The molecule has 0 saturated carbocycles. The summed E-state index contributed by atoms with van der Waals surface area (Å²) in [6.07, 6.45) is 3.54. The Morgan fingerprint density at radius 2 is 1.97 bits per heavy atom. The van der Waals surface area contributed by atoms with Crippen molar-refractivity contribution in [2.75, 3.05) is 37.7 Å². The second-order valence-corrected chi connectivity index (χ2v) is 8.20. The van der Waals surface area contributed by atoms with E-state index in [1.165, 1.54) is 0 Å². The quantitative estimate of drug-likeness (QED) is 0.751. The maximum Gasteiger partial charge on any atom is 0.220 e. The molecule has 158 valence electrons. The normalized spacial score (nSPS) is 18.8. The van der Waals surface area contributed by atoms with Gasteiger partial charge in [0.25, 0.3) is 0 Å². The van der Waals surface area contributed by atoms with Gasteiger partial charge < -0.3 is 19.7 Å². The van der Waals surface area contributed by atoms with E-state index in [0.717, 1.165) is 38.2 Å². The molecule has 2 fully saturated rings. The third-order valence-corrected chi connectivity index (χ3v) is 5.60. The zero-order valence-corrected chi connectivity index (χ0v) is 17.3. The van der Waals surface area contributed by atoms with Crippen LogP contribution in [-0.2, 0) is 20.7 Å². The van der Waals surface area contributed by atoms with E-state index >= 15 is 0 Å². The molecular formula is C20H30N6O3. The van der Waals surface area contributed by atoms with Crippen molar-refractivity contribution < 1.29 is 14.3 Å². The molecule has 1 N–H and O–H groups in total. The Morgan fingerprint density at radius 3 is 2.69 bits per heavy atom. The molecule has 1 amide bonds. The van der Waals surface area contributed by atoms with Crippen LogP contribution in [0.1, 0.15) is 45.4 Å². The number of aromatic nitrogens is 4. The molecule has 9 nitrogen and oxygen atoms in total. The van der Waals surface area contributed by atoms with Gasteiger partial charge in [-0.2, -0.15) is 4.52 Å². The zero-order chi connectivity index (χ0) is 20.3. The van der Waals surface area contributed by atoms with Crippen LogP contribution >= 0.6 is 0 Å². The largest absolute Gasteiger partial charge is 0.356 e. The number of hydrogen-bond donors (Lipinski definition) is 1. The van der Waals surface area contributed by atoms with Crippen molar-refractivity contribution in [2.45, 2.75) is 51.7 Å². The number of anilines is 1. The summed E-state index contributed by atoms with van der Waals surface area (Å²) in [5, 5.41) is 16.1. The van der Waals surface area contributed by atoms with Crippen molar-refractivity contribution in [2.24, 2.45) is 5.92 Å². The molecule has 2 saturated heterocycles. The summed E-state index contributed by atoms with van der Waals surface area (Å²) >= 11 is 0. The molecule has 2 aliphatic heterocycles. The van der Waals surface area contributed by atoms with E-state index in [-0.39, 0.29) is 5.91 Å². The number of aryl methyl sites for hydroxylation is 1. The topological polar surface area (TPSA) is 93.9 Å². The standard InChI is InChI=1S/C20H30N6O3/c1-15(2)7-10-21-19(27)6-5-17-23-22-16-3-4-18(24-26(16)17)25-11-8-20(9-12-25)28-13-14-29-20/h3-4,15H,5-14H2,1-2H3,(H,21,27). The lowest BCUT2D eigenvalue weighted by Crippen LogP contribution is -2.45. The molecule has 9 heteroatoms. The van der Waals surface area contributed by atoms with Gasteiger partial charge in [-0.15, -0.1) is 15.3 Å². The number of nitrogens with zero attached hydrogens (tertiary/aromatic N) is 5. The summed E-state index contributed by atoms with van der Waals surface area (Å²) in [5.74, 6) is 1.81. The van der Waals surface area contributed by atoms with Crippen LogP contribution in [0.25, 0.3) is 5.65 Å². The van der Waals surface area contributed by atoms with Crippen LogP contribution in [0.2, 0.25) is 0 Å². The number of carbonyl (C=O) groups excluding carboxylic acids is 1. The third kappa shape index (κ3) is 4.67. The van der Waals surface area contributed by atoms with E-state index in [9.17, 15) is 4.79 Å². The SMILES string of the molecule is CC(C)CCNC(=O)CCc1nnc2ccc(N3CCC4(CC3)OCCO4)nn12. The molecule has 4 rings (SSSR count). The molecule has 0 unspecified atom stereocenters. The van der Waals surface area contributed by atoms with Crippen molar-refractivity contribution in [3.05, 3.63) is 18.0 Å². The van der Waals surface area contributed by atoms with E-state index < -0.39 is 5.79 Å². The molecule has 4 heterocycles. The molecule has 0 atom stereocenters. The number of amides is 1. The van der Waals surface area contributed by atoms with Crippen molar-refractivity contribution in [1.29, 1.82) is 0 Å². The van der Waals surface area contributed by atoms with E-state index in [1.54, 1.807) is 4.52 Å². The first-order chi connectivity index (χ1) is 14.0. The van der Waals surface area contributed by atoms with Crippen LogP contribution in [0.5, 0.6) is 0 Å². The smallest absolute Gasteiger partial charge is 0.220 e. The van der Waals surface area contributed by atoms with Gasteiger partial charge >= 0.3 is 0 Å². The summed E-state index contributed by atoms with van der Waals surface area (Å²) in [4.78, 5) is 14.3. The molecule has 1 spiro atoms. The van der Waals surface area contributed by atoms with Crippen LogP contribution in [0.15, 0.2) is 12.1 Å². The highest BCUT2D eigenvalue weighted by atomic mass is 16.7. The molecule has 29 heavy (non-hydrogen) atoms. The Hall–Kier alpha value is -2.26. The summed E-state index contributed by atoms with van der Waals surface area (Å²) in [6, 6.07) is 3.90. The van der Waals surface area contributed by atoms with E-state index in [2.05, 4.69) is 34.3 Å². The predicted molar refractivity (Wildman–Crippen MR) is 108 cm³/mol. The van der Waals surface area contributed by atoms with E-state index in [0.29, 0.717) is 50.0 Å². The van der Waals surface area contributed by atoms with Gasteiger partial charge in [0.05, 0.1) is 13.2 Å².